The number of thioether (sulfide) groups is 1. The highest BCUT2D eigenvalue weighted by atomic mass is 35.5. The maximum atomic E-state index is 6.07. The zero-order chi connectivity index (χ0) is 16.7. The molecule has 2 aromatic rings. The summed E-state index contributed by atoms with van der Waals surface area (Å²) in [5.74, 6) is 1.87. The van der Waals surface area contributed by atoms with E-state index < -0.39 is 0 Å². The molecule has 122 valence electrons. The van der Waals surface area contributed by atoms with Gasteiger partial charge in [-0.1, -0.05) is 29.3 Å². The van der Waals surface area contributed by atoms with E-state index in [0.717, 1.165) is 11.4 Å². The maximum Gasteiger partial charge on any atom is 0.193 e. The van der Waals surface area contributed by atoms with Crippen LogP contribution in [0.15, 0.2) is 52.4 Å². The van der Waals surface area contributed by atoms with Crippen LogP contribution in [0.5, 0.6) is 5.75 Å². The van der Waals surface area contributed by atoms with Crippen molar-refractivity contribution in [2.45, 2.75) is 11.8 Å². The fraction of sp³-hybridized carbons (Fsp3) is 0.235. The largest absolute Gasteiger partial charge is 0.495 e. The molecule has 3 N–H and O–H groups in total. The van der Waals surface area contributed by atoms with E-state index in [1.807, 2.05) is 6.07 Å². The molecule has 0 saturated heterocycles. The van der Waals surface area contributed by atoms with Crippen LogP contribution in [0.2, 0.25) is 5.02 Å². The van der Waals surface area contributed by atoms with Crippen LogP contribution in [0, 0.1) is 6.92 Å². The number of hydrogen-bond donors (Lipinski definition) is 2. The summed E-state index contributed by atoms with van der Waals surface area (Å²) in [4.78, 5) is 5.55. The van der Waals surface area contributed by atoms with Gasteiger partial charge in [-0.15, -0.1) is 11.8 Å². The van der Waals surface area contributed by atoms with Crippen molar-refractivity contribution in [1.29, 1.82) is 0 Å². The van der Waals surface area contributed by atoms with Crippen LogP contribution in [0.25, 0.3) is 0 Å². The Morgan fingerprint density at radius 3 is 2.65 bits per heavy atom. The summed E-state index contributed by atoms with van der Waals surface area (Å²) in [7, 11) is 1.58. The van der Waals surface area contributed by atoms with Crippen LogP contribution in [-0.4, -0.2) is 25.4 Å². The second-order valence-corrected chi connectivity index (χ2v) is 6.48. The van der Waals surface area contributed by atoms with Gasteiger partial charge in [0.05, 0.1) is 18.7 Å². The first-order valence-corrected chi connectivity index (χ1v) is 8.55. The molecule has 0 aromatic heterocycles. The second kappa shape index (κ2) is 8.70. The SMILES string of the molecule is COc1ccc(NC(N)=NCCSc2ccc(C)cc2)cc1Cl. The highest BCUT2D eigenvalue weighted by molar-refractivity contribution is 7.99. The molecule has 2 rings (SSSR count). The van der Waals surface area contributed by atoms with E-state index in [9.17, 15) is 0 Å². The number of anilines is 1. The third kappa shape index (κ3) is 5.69. The molecular formula is C17H20ClN3OS. The average molecular weight is 350 g/mol. The minimum atomic E-state index is 0.371. The number of nitrogens with two attached hydrogens (primary N) is 1. The van der Waals surface area contributed by atoms with Crippen LogP contribution in [0.1, 0.15) is 5.56 Å². The molecular weight excluding hydrogens is 330 g/mol. The van der Waals surface area contributed by atoms with Crippen molar-refractivity contribution in [1.82, 2.24) is 0 Å². The predicted octanol–water partition coefficient (Wildman–Crippen LogP) is 4.18. The first kappa shape index (κ1) is 17.5. The van der Waals surface area contributed by atoms with Crippen LogP contribution < -0.4 is 15.8 Å². The minimum absolute atomic E-state index is 0.371. The molecule has 0 aliphatic rings. The van der Waals surface area contributed by atoms with E-state index >= 15 is 0 Å². The molecule has 23 heavy (non-hydrogen) atoms. The lowest BCUT2D eigenvalue weighted by molar-refractivity contribution is 0.415. The van der Waals surface area contributed by atoms with Gasteiger partial charge in [0.1, 0.15) is 5.75 Å². The summed E-state index contributed by atoms with van der Waals surface area (Å²) in [6, 6.07) is 13.8. The van der Waals surface area contributed by atoms with Gasteiger partial charge in [-0.3, -0.25) is 4.99 Å². The Kier molecular flexibility index (Phi) is 6.62. The standard InChI is InChI=1S/C17H20ClN3OS/c1-12-3-6-14(7-4-12)23-10-9-20-17(19)21-13-5-8-16(22-2)15(18)11-13/h3-8,11H,9-10H2,1-2H3,(H3,19,20,21). The Morgan fingerprint density at radius 1 is 1.26 bits per heavy atom. The number of nitrogens with one attached hydrogen (secondary N) is 1. The lowest BCUT2D eigenvalue weighted by Crippen LogP contribution is -2.23. The molecule has 0 unspecified atom stereocenters. The number of rotatable bonds is 6. The predicted molar refractivity (Wildman–Crippen MR) is 100 cm³/mol. The minimum Gasteiger partial charge on any atom is -0.495 e. The van der Waals surface area contributed by atoms with Crippen molar-refractivity contribution < 1.29 is 4.74 Å². The summed E-state index contributed by atoms with van der Waals surface area (Å²) >= 11 is 7.83. The Morgan fingerprint density at radius 2 is 2.00 bits per heavy atom. The van der Waals surface area contributed by atoms with Gasteiger partial charge in [0, 0.05) is 16.3 Å². The van der Waals surface area contributed by atoms with Gasteiger partial charge >= 0.3 is 0 Å². The van der Waals surface area contributed by atoms with Gasteiger partial charge in [-0.25, -0.2) is 0 Å². The second-order valence-electron chi connectivity index (χ2n) is 4.90. The number of ether oxygens (including phenoxy) is 1. The number of guanidine groups is 1. The Bertz CT molecular complexity index is 674. The van der Waals surface area contributed by atoms with E-state index in [4.69, 9.17) is 22.1 Å². The molecule has 6 heteroatoms. The highest BCUT2D eigenvalue weighted by Crippen LogP contribution is 2.27. The van der Waals surface area contributed by atoms with Crippen molar-refractivity contribution in [2.24, 2.45) is 10.7 Å². The van der Waals surface area contributed by atoms with Gasteiger partial charge in [-0.2, -0.15) is 0 Å². The van der Waals surface area contributed by atoms with Gasteiger partial charge in [-0.05, 0) is 37.3 Å². The van der Waals surface area contributed by atoms with Crippen molar-refractivity contribution in [3.8, 4) is 5.75 Å². The summed E-state index contributed by atoms with van der Waals surface area (Å²) in [5.41, 5.74) is 7.92. The molecule has 4 nitrogen and oxygen atoms in total. The molecule has 0 saturated carbocycles. The summed E-state index contributed by atoms with van der Waals surface area (Å²) < 4.78 is 5.11. The van der Waals surface area contributed by atoms with Crippen LogP contribution in [0.3, 0.4) is 0 Å². The quantitative estimate of drug-likeness (QED) is 0.355. The lowest BCUT2D eigenvalue weighted by atomic mass is 10.2. The van der Waals surface area contributed by atoms with E-state index in [0.29, 0.717) is 23.3 Å². The van der Waals surface area contributed by atoms with Gasteiger partial charge in [0.2, 0.25) is 0 Å². The number of nitrogens with zero attached hydrogens (tertiary/aromatic N) is 1. The summed E-state index contributed by atoms with van der Waals surface area (Å²) in [5, 5.41) is 3.55. The smallest absolute Gasteiger partial charge is 0.193 e. The molecule has 0 fully saturated rings. The van der Waals surface area contributed by atoms with Gasteiger partial charge in [0.15, 0.2) is 5.96 Å². The third-order valence-corrected chi connectivity index (χ3v) is 4.37. The normalized spacial score (nSPS) is 11.3. The number of halogens is 1. The van der Waals surface area contributed by atoms with E-state index in [1.165, 1.54) is 10.5 Å². The average Bonchev–Trinajstić information content (AvgIpc) is 2.53. The molecule has 0 spiro atoms. The molecule has 0 atom stereocenters. The summed E-state index contributed by atoms with van der Waals surface area (Å²) in [6.45, 7) is 2.72. The first-order chi connectivity index (χ1) is 11.1. The van der Waals surface area contributed by atoms with Gasteiger partial charge < -0.3 is 15.8 Å². The zero-order valence-corrected chi connectivity index (χ0v) is 14.7. The third-order valence-electron chi connectivity index (χ3n) is 3.09. The Hall–Kier alpha value is -1.85. The number of hydrogen-bond acceptors (Lipinski definition) is 3. The van der Waals surface area contributed by atoms with Crippen LogP contribution in [0.4, 0.5) is 5.69 Å². The van der Waals surface area contributed by atoms with Crippen LogP contribution in [-0.2, 0) is 0 Å². The highest BCUT2D eigenvalue weighted by Gasteiger charge is 2.02. The fourth-order valence-electron chi connectivity index (χ4n) is 1.90. The maximum absolute atomic E-state index is 6.07. The zero-order valence-electron chi connectivity index (χ0n) is 13.2. The molecule has 0 amide bonds. The molecule has 2 aromatic carbocycles. The van der Waals surface area contributed by atoms with Crippen molar-refractivity contribution in [3.63, 3.8) is 0 Å². The van der Waals surface area contributed by atoms with Crippen molar-refractivity contribution in [2.75, 3.05) is 24.7 Å². The molecule has 0 radical (unpaired) electrons. The number of aliphatic imine (C=N–C) groups is 1. The lowest BCUT2D eigenvalue weighted by Gasteiger charge is -2.08. The Balaban J connectivity index is 1.81. The first-order valence-electron chi connectivity index (χ1n) is 7.18. The van der Waals surface area contributed by atoms with E-state index in [1.54, 1.807) is 31.0 Å². The van der Waals surface area contributed by atoms with Gasteiger partial charge in [0.25, 0.3) is 0 Å². The number of methoxy groups -OCH3 is 1. The van der Waals surface area contributed by atoms with Crippen molar-refractivity contribution >= 4 is 35.0 Å². The van der Waals surface area contributed by atoms with E-state index in [-0.39, 0.29) is 0 Å². The topological polar surface area (TPSA) is 59.6 Å². The Labute approximate surface area is 146 Å². The number of aryl methyl sites for hydroxylation is 1. The summed E-state index contributed by atoms with van der Waals surface area (Å²) in [6.07, 6.45) is 0. The monoisotopic (exact) mass is 349 g/mol. The van der Waals surface area contributed by atoms with Crippen molar-refractivity contribution in [3.05, 3.63) is 53.1 Å². The molecule has 0 aliphatic carbocycles. The molecule has 0 aliphatic heterocycles. The fourth-order valence-corrected chi connectivity index (χ4v) is 2.90. The van der Waals surface area contributed by atoms with Crippen LogP contribution >= 0.6 is 23.4 Å². The van der Waals surface area contributed by atoms with E-state index in [2.05, 4.69) is 41.5 Å². The molecule has 0 heterocycles. The number of benzene rings is 2. The molecule has 0 bridgehead atoms.